The van der Waals surface area contributed by atoms with Gasteiger partial charge in [-0.3, -0.25) is 4.79 Å². The van der Waals surface area contributed by atoms with Gasteiger partial charge in [-0.1, -0.05) is 12.1 Å². The number of likely N-dealkylation sites (tertiary alicyclic amines) is 1. The van der Waals surface area contributed by atoms with Crippen molar-refractivity contribution >= 4 is 17.6 Å². The third kappa shape index (κ3) is 4.89. The number of benzene rings is 2. The van der Waals surface area contributed by atoms with E-state index in [1.165, 1.54) is 0 Å². The van der Waals surface area contributed by atoms with Gasteiger partial charge >= 0.3 is 6.09 Å². The quantitative estimate of drug-likeness (QED) is 0.373. The molecular weight excluding hydrogens is 486 g/mol. The average Bonchev–Trinajstić information content (AvgIpc) is 3.59. The van der Waals surface area contributed by atoms with Crippen molar-refractivity contribution in [3.63, 3.8) is 0 Å². The van der Waals surface area contributed by atoms with E-state index < -0.39 is 11.5 Å². The van der Waals surface area contributed by atoms with Gasteiger partial charge in [0, 0.05) is 30.1 Å². The molecule has 1 aliphatic heterocycles. The number of primary amides is 1. The fourth-order valence-corrected chi connectivity index (χ4v) is 4.70. The van der Waals surface area contributed by atoms with E-state index in [4.69, 9.17) is 19.9 Å². The Labute approximate surface area is 220 Å². The van der Waals surface area contributed by atoms with Gasteiger partial charge in [0.05, 0.1) is 19.0 Å². The first kappa shape index (κ1) is 25.2. The minimum Gasteiger partial charge on any atom is -0.493 e. The molecule has 10 nitrogen and oxygen atoms in total. The summed E-state index contributed by atoms with van der Waals surface area (Å²) < 4.78 is 18.4. The predicted molar refractivity (Wildman–Crippen MR) is 142 cm³/mol. The maximum Gasteiger partial charge on any atom is 0.410 e. The van der Waals surface area contributed by atoms with Gasteiger partial charge in [-0.15, -0.1) is 0 Å². The summed E-state index contributed by atoms with van der Waals surface area (Å²) in [5.41, 5.74) is 8.40. The monoisotopic (exact) mass is 517 g/mol. The van der Waals surface area contributed by atoms with Crippen LogP contribution in [0.4, 0.5) is 4.79 Å². The van der Waals surface area contributed by atoms with E-state index in [9.17, 15) is 9.59 Å². The van der Waals surface area contributed by atoms with Gasteiger partial charge in [-0.25, -0.2) is 9.31 Å². The fraction of sp³-hybridized carbons (Fsp3) is 0.321. The minimum absolute atomic E-state index is 0.0453. The highest BCUT2D eigenvalue weighted by molar-refractivity contribution is 5.98. The second kappa shape index (κ2) is 9.77. The van der Waals surface area contributed by atoms with Crippen molar-refractivity contribution in [1.82, 2.24) is 19.5 Å². The Morgan fingerprint density at radius 1 is 1.08 bits per heavy atom. The molecular formula is C28H31N5O5. The van der Waals surface area contributed by atoms with E-state index in [0.29, 0.717) is 41.7 Å². The average molecular weight is 518 g/mol. The number of fused-ring (bicyclic) bond motifs is 1. The van der Waals surface area contributed by atoms with Crippen molar-refractivity contribution in [3.8, 4) is 28.5 Å². The Bertz CT molecular complexity index is 1480. The molecule has 0 saturated carbocycles. The molecule has 0 spiro atoms. The Morgan fingerprint density at radius 2 is 1.79 bits per heavy atom. The summed E-state index contributed by atoms with van der Waals surface area (Å²) in [4.78, 5) is 30.1. The number of aromatic amines is 1. The number of hydrogen-bond acceptors (Lipinski definition) is 6. The van der Waals surface area contributed by atoms with Crippen LogP contribution < -0.4 is 15.2 Å². The maximum absolute atomic E-state index is 12.5. The molecule has 0 aliphatic carbocycles. The van der Waals surface area contributed by atoms with E-state index in [-0.39, 0.29) is 17.7 Å². The highest BCUT2D eigenvalue weighted by atomic mass is 16.6. The molecule has 1 fully saturated rings. The van der Waals surface area contributed by atoms with Gasteiger partial charge in [0.2, 0.25) is 0 Å². The summed E-state index contributed by atoms with van der Waals surface area (Å²) in [6.45, 7) is 6.64. The van der Waals surface area contributed by atoms with E-state index >= 15 is 0 Å². The van der Waals surface area contributed by atoms with Crippen LogP contribution in [0.3, 0.4) is 0 Å². The second-order valence-corrected chi connectivity index (χ2v) is 10.3. The van der Waals surface area contributed by atoms with Crippen LogP contribution in [0.15, 0.2) is 54.7 Å². The first-order chi connectivity index (χ1) is 18.1. The van der Waals surface area contributed by atoms with Crippen molar-refractivity contribution in [2.45, 2.75) is 38.7 Å². The van der Waals surface area contributed by atoms with Gasteiger partial charge in [0.15, 0.2) is 17.2 Å². The summed E-state index contributed by atoms with van der Waals surface area (Å²) in [7, 11) is 1.59. The van der Waals surface area contributed by atoms with Crippen LogP contribution in [0.1, 0.15) is 49.2 Å². The molecule has 1 atom stereocenters. The number of carbonyl (C=O) groups is 2. The zero-order valence-corrected chi connectivity index (χ0v) is 21.9. The number of ether oxygens (including phenoxy) is 3. The maximum atomic E-state index is 12.5. The van der Waals surface area contributed by atoms with Crippen LogP contribution >= 0.6 is 0 Å². The van der Waals surface area contributed by atoms with Gasteiger partial charge in [-0.05, 0) is 63.6 Å². The number of methoxy groups -OCH3 is 1. The standard InChI is InChI=1S/C28H31N5O5/c1-28(2,3)38-27(35)32-14-13-18(16-32)20-15-30-33-24(25(29)34)23(31-26(20)33)17-9-11-19(12-10-17)37-22-8-6-5-7-21(22)36-4/h5-12,15,18,31H,13-14,16H2,1-4H3,(H2,29,34). The van der Waals surface area contributed by atoms with Crippen molar-refractivity contribution in [2.24, 2.45) is 5.73 Å². The molecule has 0 bridgehead atoms. The number of amides is 2. The van der Waals surface area contributed by atoms with E-state index in [2.05, 4.69) is 10.1 Å². The number of hydrogen-bond donors (Lipinski definition) is 2. The van der Waals surface area contributed by atoms with Crippen molar-refractivity contribution in [2.75, 3.05) is 20.2 Å². The lowest BCUT2D eigenvalue weighted by atomic mass is 10.0. The van der Waals surface area contributed by atoms with Crippen LogP contribution in [0.25, 0.3) is 16.9 Å². The molecule has 4 aromatic rings. The Morgan fingerprint density at radius 3 is 2.45 bits per heavy atom. The van der Waals surface area contributed by atoms with Crippen LogP contribution in [0, 0.1) is 0 Å². The topological polar surface area (TPSA) is 124 Å². The number of nitrogens with zero attached hydrogens (tertiary/aromatic N) is 3. The number of rotatable bonds is 6. The normalized spacial score (nSPS) is 15.6. The largest absolute Gasteiger partial charge is 0.493 e. The number of nitrogens with two attached hydrogens (primary N) is 1. The lowest BCUT2D eigenvalue weighted by molar-refractivity contribution is 0.0292. The summed E-state index contributed by atoms with van der Waals surface area (Å²) in [6.07, 6.45) is 2.16. The van der Waals surface area contributed by atoms with Crippen molar-refractivity contribution in [1.29, 1.82) is 0 Å². The van der Waals surface area contributed by atoms with Gasteiger partial charge in [0.25, 0.3) is 5.91 Å². The van der Waals surface area contributed by atoms with Crippen LogP contribution in [0.2, 0.25) is 0 Å². The third-order valence-corrected chi connectivity index (χ3v) is 6.44. The lowest BCUT2D eigenvalue weighted by Gasteiger charge is -2.24. The highest BCUT2D eigenvalue weighted by Crippen LogP contribution is 2.35. The molecule has 1 unspecified atom stereocenters. The minimum atomic E-state index is -0.600. The summed E-state index contributed by atoms with van der Waals surface area (Å²) in [6, 6.07) is 14.7. The van der Waals surface area contributed by atoms with E-state index in [1.807, 2.05) is 69.3 Å². The van der Waals surface area contributed by atoms with Crippen LogP contribution in [-0.4, -0.2) is 57.3 Å². The third-order valence-electron chi connectivity index (χ3n) is 6.44. The van der Waals surface area contributed by atoms with Crippen LogP contribution in [-0.2, 0) is 4.74 Å². The summed E-state index contributed by atoms with van der Waals surface area (Å²) in [5.74, 6) is 1.29. The number of para-hydroxylation sites is 2. The second-order valence-electron chi connectivity index (χ2n) is 10.3. The Balaban J connectivity index is 1.41. The first-order valence-electron chi connectivity index (χ1n) is 12.4. The Kier molecular flexibility index (Phi) is 6.48. The Hall–Kier alpha value is -4.47. The molecule has 2 aromatic heterocycles. The molecule has 38 heavy (non-hydrogen) atoms. The smallest absolute Gasteiger partial charge is 0.410 e. The lowest BCUT2D eigenvalue weighted by Crippen LogP contribution is -2.35. The molecule has 10 heteroatoms. The molecule has 1 saturated heterocycles. The molecule has 2 amide bonds. The van der Waals surface area contributed by atoms with Gasteiger partial charge < -0.3 is 29.8 Å². The first-order valence-corrected chi connectivity index (χ1v) is 12.4. The zero-order valence-electron chi connectivity index (χ0n) is 21.9. The van der Waals surface area contributed by atoms with E-state index in [1.54, 1.807) is 22.7 Å². The molecule has 1 aliphatic rings. The SMILES string of the molecule is COc1ccccc1Oc1ccc(-c2[nH]c3c(C4CCN(C(=O)OC(C)(C)C)C4)cnn3c2C(N)=O)cc1. The molecule has 0 radical (unpaired) electrons. The fourth-order valence-electron chi connectivity index (χ4n) is 4.70. The van der Waals surface area contributed by atoms with E-state index in [0.717, 1.165) is 17.5 Å². The zero-order chi connectivity index (χ0) is 27.0. The summed E-state index contributed by atoms with van der Waals surface area (Å²) >= 11 is 0. The molecule has 3 N–H and O–H groups in total. The number of aromatic nitrogens is 3. The number of H-pyrrole nitrogens is 1. The number of imidazole rings is 1. The number of nitrogens with one attached hydrogen (secondary N) is 1. The molecule has 198 valence electrons. The van der Waals surface area contributed by atoms with Crippen molar-refractivity contribution < 1.29 is 23.8 Å². The highest BCUT2D eigenvalue weighted by Gasteiger charge is 2.33. The van der Waals surface area contributed by atoms with Crippen LogP contribution in [0.5, 0.6) is 17.2 Å². The summed E-state index contributed by atoms with van der Waals surface area (Å²) in [5, 5.41) is 4.46. The molecule has 5 rings (SSSR count). The van der Waals surface area contributed by atoms with Gasteiger partial charge in [0.1, 0.15) is 17.0 Å². The molecule has 3 heterocycles. The predicted octanol–water partition coefficient (Wildman–Crippen LogP) is 4.95. The van der Waals surface area contributed by atoms with Crippen molar-refractivity contribution in [3.05, 3.63) is 66.0 Å². The number of carbonyl (C=O) groups excluding carboxylic acids is 2. The molecule has 2 aromatic carbocycles. The van der Waals surface area contributed by atoms with Gasteiger partial charge in [-0.2, -0.15) is 5.10 Å².